The van der Waals surface area contributed by atoms with Crippen molar-refractivity contribution >= 4 is 12.6 Å². The van der Waals surface area contributed by atoms with Crippen molar-refractivity contribution < 1.29 is 4.74 Å². The molecule has 1 heterocycles. The van der Waals surface area contributed by atoms with Crippen LogP contribution in [0, 0.1) is 0 Å². The third kappa shape index (κ3) is 2.00. The van der Waals surface area contributed by atoms with Crippen LogP contribution in [0.25, 0.3) is 0 Å². The summed E-state index contributed by atoms with van der Waals surface area (Å²) in [5.74, 6) is 1.01. The highest BCUT2D eigenvalue weighted by atomic mass is 32.1. The first kappa shape index (κ1) is 10.9. The summed E-state index contributed by atoms with van der Waals surface area (Å²) in [5, 5.41) is 0. The average molecular weight is 222 g/mol. The maximum absolute atomic E-state index is 5.98. The first-order valence-corrected chi connectivity index (χ1v) is 5.77. The lowest BCUT2D eigenvalue weighted by Crippen LogP contribution is -2.41. The van der Waals surface area contributed by atoms with Gasteiger partial charge in [0.15, 0.2) is 0 Å². The molecular weight excluding hydrogens is 204 g/mol. The molecule has 0 amide bonds. The molecule has 2 heteroatoms. The molecule has 0 aliphatic carbocycles. The highest BCUT2D eigenvalue weighted by Gasteiger charge is 2.38. The molecular formula is C13H18OS. The Morgan fingerprint density at radius 1 is 1.20 bits per heavy atom. The third-order valence-electron chi connectivity index (χ3n) is 2.95. The van der Waals surface area contributed by atoms with E-state index in [0.29, 0.717) is 0 Å². The summed E-state index contributed by atoms with van der Waals surface area (Å²) < 4.78 is 5.98. The predicted molar refractivity (Wildman–Crippen MR) is 66.0 cm³/mol. The highest BCUT2D eigenvalue weighted by molar-refractivity contribution is 7.80. The molecule has 2 rings (SSSR count). The number of hydrogen-bond acceptors (Lipinski definition) is 2. The first-order valence-electron chi connectivity index (χ1n) is 5.33. The first-order chi connectivity index (χ1) is 6.80. The summed E-state index contributed by atoms with van der Waals surface area (Å²) in [6, 6.07) is 6.13. The van der Waals surface area contributed by atoms with Crippen molar-refractivity contribution in [2.24, 2.45) is 0 Å². The lowest BCUT2D eigenvalue weighted by molar-refractivity contribution is 0.0532. The zero-order valence-electron chi connectivity index (χ0n) is 9.79. The zero-order chi connectivity index (χ0) is 11.3. The molecule has 15 heavy (non-hydrogen) atoms. The van der Waals surface area contributed by atoms with E-state index in [0.717, 1.165) is 17.1 Å². The van der Waals surface area contributed by atoms with Crippen LogP contribution in [0.1, 0.15) is 39.7 Å². The van der Waals surface area contributed by atoms with Gasteiger partial charge in [0.2, 0.25) is 0 Å². The molecule has 0 N–H and O–H groups in total. The number of thiol groups is 1. The summed E-state index contributed by atoms with van der Waals surface area (Å²) in [4.78, 5) is 1.00. The van der Waals surface area contributed by atoms with E-state index in [4.69, 9.17) is 4.74 Å². The molecule has 0 unspecified atom stereocenters. The molecule has 1 aliphatic rings. The topological polar surface area (TPSA) is 9.23 Å². The van der Waals surface area contributed by atoms with Gasteiger partial charge in [-0.25, -0.2) is 0 Å². The Kier molecular flexibility index (Phi) is 2.30. The minimum atomic E-state index is -0.0748. The second kappa shape index (κ2) is 3.18. The summed E-state index contributed by atoms with van der Waals surface area (Å²) in [6.07, 6.45) is 1.03. The monoisotopic (exact) mass is 222 g/mol. The van der Waals surface area contributed by atoms with Gasteiger partial charge in [-0.15, -0.1) is 12.6 Å². The van der Waals surface area contributed by atoms with Gasteiger partial charge in [-0.2, -0.15) is 0 Å². The van der Waals surface area contributed by atoms with E-state index in [9.17, 15) is 0 Å². The number of ether oxygens (including phenoxy) is 1. The van der Waals surface area contributed by atoms with Crippen molar-refractivity contribution in [3.8, 4) is 5.75 Å². The number of benzene rings is 1. The van der Waals surface area contributed by atoms with E-state index in [1.165, 1.54) is 5.56 Å². The second-order valence-electron chi connectivity index (χ2n) is 5.60. The zero-order valence-corrected chi connectivity index (χ0v) is 10.7. The van der Waals surface area contributed by atoms with Crippen LogP contribution in [0.15, 0.2) is 23.1 Å². The average Bonchev–Trinajstić information content (AvgIpc) is 2.03. The Hall–Kier alpha value is -0.630. The molecule has 0 saturated heterocycles. The number of fused-ring (bicyclic) bond motifs is 1. The Bertz CT molecular complexity index is 394. The predicted octanol–water partition coefficient (Wildman–Crippen LogP) is 3.81. The normalized spacial score (nSPS) is 21.7. The van der Waals surface area contributed by atoms with Crippen LogP contribution in [0.4, 0.5) is 0 Å². The lowest BCUT2D eigenvalue weighted by Gasteiger charge is -2.42. The largest absolute Gasteiger partial charge is 0.488 e. The van der Waals surface area contributed by atoms with Gasteiger partial charge in [0, 0.05) is 10.5 Å². The van der Waals surface area contributed by atoms with Gasteiger partial charge in [-0.3, -0.25) is 0 Å². The quantitative estimate of drug-likeness (QED) is 0.657. The van der Waals surface area contributed by atoms with Crippen LogP contribution in [0.5, 0.6) is 5.75 Å². The Labute approximate surface area is 97.2 Å². The van der Waals surface area contributed by atoms with Crippen molar-refractivity contribution in [1.29, 1.82) is 0 Å². The lowest BCUT2D eigenvalue weighted by atomic mass is 9.74. The van der Waals surface area contributed by atoms with Gasteiger partial charge in [0.25, 0.3) is 0 Å². The summed E-state index contributed by atoms with van der Waals surface area (Å²) in [5.41, 5.74) is 1.36. The molecule has 0 saturated carbocycles. The Morgan fingerprint density at radius 2 is 1.87 bits per heavy atom. The molecule has 1 aliphatic heterocycles. The highest BCUT2D eigenvalue weighted by Crippen LogP contribution is 2.45. The van der Waals surface area contributed by atoms with Gasteiger partial charge in [-0.1, -0.05) is 13.8 Å². The minimum absolute atomic E-state index is 0.0748. The molecule has 0 radical (unpaired) electrons. The van der Waals surface area contributed by atoms with Gasteiger partial charge >= 0.3 is 0 Å². The summed E-state index contributed by atoms with van der Waals surface area (Å²) in [6.45, 7) is 8.82. The fraction of sp³-hybridized carbons (Fsp3) is 0.538. The molecule has 1 aromatic carbocycles. The molecule has 0 spiro atoms. The summed E-state index contributed by atoms with van der Waals surface area (Å²) in [7, 11) is 0. The molecule has 0 aromatic heterocycles. The third-order valence-corrected chi connectivity index (χ3v) is 3.22. The molecule has 1 nitrogen and oxygen atoms in total. The van der Waals surface area contributed by atoms with Gasteiger partial charge in [-0.05, 0) is 43.9 Å². The van der Waals surface area contributed by atoms with E-state index >= 15 is 0 Å². The molecule has 0 bridgehead atoms. The Morgan fingerprint density at radius 3 is 2.53 bits per heavy atom. The van der Waals surface area contributed by atoms with E-state index in [1.54, 1.807) is 0 Å². The number of rotatable bonds is 0. The van der Waals surface area contributed by atoms with Crippen LogP contribution < -0.4 is 4.74 Å². The second-order valence-corrected chi connectivity index (χ2v) is 6.12. The fourth-order valence-electron chi connectivity index (χ4n) is 2.63. The van der Waals surface area contributed by atoms with Crippen LogP contribution in [-0.4, -0.2) is 5.60 Å². The van der Waals surface area contributed by atoms with Crippen LogP contribution in [0.3, 0.4) is 0 Å². The molecule has 0 fully saturated rings. The van der Waals surface area contributed by atoms with E-state index in [2.05, 4.69) is 46.4 Å². The minimum Gasteiger partial charge on any atom is -0.488 e. The SMILES string of the molecule is CC1(C)CC(C)(C)c2cc(S)ccc2O1. The maximum atomic E-state index is 5.98. The fourth-order valence-corrected chi connectivity index (χ4v) is 2.83. The van der Waals surface area contributed by atoms with Gasteiger partial charge in [0.05, 0.1) is 0 Å². The van der Waals surface area contributed by atoms with E-state index < -0.39 is 0 Å². The van der Waals surface area contributed by atoms with Crippen molar-refractivity contribution in [2.45, 2.75) is 50.0 Å². The van der Waals surface area contributed by atoms with Crippen LogP contribution >= 0.6 is 12.6 Å². The number of hydrogen-bond donors (Lipinski definition) is 1. The molecule has 1 aromatic rings. The van der Waals surface area contributed by atoms with E-state index in [-0.39, 0.29) is 11.0 Å². The standard InChI is InChI=1S/C13H18OS/c1-12(2)8-13(3,4)14-11-6-5-9(15)7-10(11)12/h5-7,15H,8H2,1-4H3. The van der Waals surface area contributed by atoms with Gasteiger partial charge in [0.1, 0.15) is 11.4 Å². The van der Waals surface area contributed by atoms with E-state index in [1.807, 2.05) is 12.1 Å². The van der Waals surface area contributed by atoms with Crippen LogP contribution in [0.2, 0.25) is 0 Å². The van der Waals surface area contributed by atoms with Crippen molar-refractivity contribution in [3.05, 3.63) is 23.8 Å². The van der Waals surface area contributed by atoms with Crippen molar-refractivity contribution in [1.82, 2.24) is 0 Å². The van der Waals surface area contributed by atoms with Crippen molar-refractivity contribution in [2.75, 3.05) is 0 Å². The van der Waals surface area contributed by atoms with Gasteiger partial charge < -0.3 is 4.74 Å². The Balaban J connectivity index is 2.55. The molecule has 0 atom stereocenters. The summed E-state index contributed by atoms with van der Waals surface area (Å²) >= 11 is 4.38. The van der Waals surface area contributed by atoms with Crippen LogP contribution in [-0.2, 0) is 5.41 Å². The smallest absolute Gasteiger partial charge is 0.123 e. The van der Waals surface area contributed by atoms with Crippen molar-refractivity contribution in [3.63, 3.8) is 0 Å². The molecule has 82 valence electrons. The maximum Gasteiger partial charge on any atom is 0.123 e.